The van der Waals surface area contributed by atoms with Crippen LogP contribution in [0.15, 0.2) is 12.3 Å². The lowest BCUT2D eigenvalue weighted by Crippen LogP contribution is -2.43. The third-order valence-electron chi connectivity index (χ3n) is 2.58. The highest BCUT2D eigenvalue weighted by atomic mass is 28.4. The highest BCUT2D eigenvalue weighted by Gasteiger charge is 2.36. The van der Waals surface area contributed by atoms with E-state index in [2.05, 4.69) is 21.4 Å². The number of rotatable bonds is 10. The number of hydrogen-bond donors (Lipinski definition) is 1. The molecule has 122 valence electrons. The van der Waals surface area contributed by atoms with Crippen LogP contribution < -0.4 is 5.32 Å². The van der Waals surface area contributed by atoms with Gasteiger partial charge < -0.3 is 28.1 Å². The second-order valence-electron chi connectivity index (χ2n) is 3.86. The van der Waals surface area contributed by atoms with Crippen molar-refractivity contribution in [3.05, 3.63) is 12.3 Å². The Morgan fingerprint density at radius 2 is 1.71 bits per heavy atom. The molecule has 0 unspecified atom stereocenters. The van der Waals surface area contributed by atoms with Gasteiger partial charge in [0.05, 0.1) is 6.61 Å². The number of alkyl carbamates (subject to hydrolysis) is 1. The van der Waals surface area contributed by atoms with Crippen LogP contribution in [0, 0.1) is 0 Å². The molecule has 1 amide bonds. The summed E-state index contributed by atoms with van der Waals surface area (Å²) in [5.41, 5.74) is 0. The van der Waals surface area contributed by atoms with Gasteiger partial charge in [-0.25, -0.2) is 9.59 Å². The molecule has 0 radical (unpaired) electrons. The van der Waals surface area contributed by atoms with Gasteiger partial charge in [-0.05, 0) is 19.9 Å². The van der Waals surface area contributed by atoms with Crippen molar-refractivity contribution in [2.75, 3.05) is 34.5 Å². The lowest BCUT2D eigenvalue weighted by Gasteiger charge is -2.24. The zero-order chi connectivity index (χ0) is 16.3. The fourth-order valence-corrected chi connectivity index (χ4v) is 3.17. The quantitative estimate of drug-likeness (QED) is 0.211. The Morgan fingerprint density at radius 1 is 1.14 bits per heavy atom. The summed E-state index contributed by atoms with van der Waals surface area (Å²) in [6.07, 6.45) is -0.199. The topological polar surface area (TPSA) is 92.3 Å². The average molecular weight is 321 g/mol. The number of ether oxygens (including phenoxy) is 2. The number of esters is 1. The van der Waals surface area contributed by atoms with Gasteiger partial charge in [-0.1, -0.05) is 0 Å². The summed E-state index contributed by atoms with van der Waals surface area (Å²) < 4.78 is 25.0. The van der Waals surface area contributed by atoms with Gasteiger partial charge in [0.1, 0.15) is 0 Å². The zero-order valence-corrected chi connectivity index (χ0v) is 13.9. The molecule has 0 saturated heterocycles. The molecule has 21 heavy (non-hydrogen) atoms. The number of hydrogen-bond acceptors (Lipinski definition) is 7. The molecular weight excluding hydrogens is 298 g/mol. The fourth-order valence-electron chi connectivity index (χ4n) is 1.45. The van der Waals surface area contributed by atoms with Crippen LogP contribution in [-0.2, 0) is 27.5 Å². The summed E-state index contributed by atoms with van der Waals surface area (Å²) in [4.78, 5) is 22.6. The first-order chi connectivity index (χ1) is 9.94. The first kappa shape index (κ1) is 19.6. The SMILES string of the molecule is C=C(OC(=O)NCCC[Si](OC)(OC)OC)C(=O)OCC. The average Bonchev–Trinajstić information content (AvgIpc) is 2.48. The molecule has 0 aliphatic carbocycles. The lowest BCUT2D eigenvalue weighted by molar-refractivity contribution is -0.141. The monoisotopic (exact) mass is 321 g/mol. The third-order valence-corrected chi connectivity index (χ3v) is 5.41. The van der Waals surface area contributed by atoms with E-state index in [1.165, 1.54) is 21.3 Å². The molecule has 0 aromatic carbocycles. The van der Waals surface area contributed by atoms with Gasteiger partial charge in [0.15, 0.2) is 0 Å². The molecule has 0 saturated carbocycles. The third kappa shape index (κ3) is 7.23. The summed E-state index contributed by atoms with van der Waals surface area (Å²) in [6, 6.07) is 0.537. The number of carbonyl (C=O) groups excluding carboxylic acids is 2. The fraction of sp³-hybridized carbons (Fsp3) is 0.667. The minimum atomic E-state index is -2.63. The van der Waals surface area contributed by atoms with Gasteiger partial charge in [0.25, 0.3) is 0 Å². The van der Waals surface area contributed by atoms with Gasteiger partial charge in [-0.2, -0.15) is 0 Å². The van der Waals surface area contributed by atoms with E-state index in [9.17, 15) is 9.59 Å². The van der Waals surface area contributed by atoms with Crippen LogP contribution in [0.25, 0.3) is 0 Å². The molecule has 9 heteroatoms. The predicted octanol–water partition coefficient (Wildman–Crippen LogP) is 1.06. The van der Waals surface area contributed by atoms with Crippen LogP contribution in [-0.4, -0.2) is 55.3 Å². The normalized spacial score (nSPS) is 10.9. The van der Waals surface area contributed by atoms with Gasteiger partial charge in [-0.3, -0.25) is 0 Å². The maximum atomic E-state index is 11.4. The smallest absolute Gasteiger partial charge is 0.460 e. The standard InChI is InChI=1S/C12H23NO7Si/c1-6-19-11(14)10(2)20-12(15)13-8-7-9-21(16-3,17-4)18-5/h2,6-9H2,1,3-5H3,(H,13,15). The molecule has 1 N–H and O–H groups in total. The molecule has 0 atom stereocenters. The second kappa shape index (κ2) is 10.3. The van der Waals surface area contributed by atoms with Crippen molar-refractivity contribution in [2.24, 2.45) is 0 Å². The number of amides is 1. The maximum absolute atomic E-state index is 11.4. The van der Waals surface area contributed by atoms with Crippen molar-refractivity contribution in [2.45, 2.75) is 19.4 Å². The summed E-state index contributed by atoms with van der Waals surface area (Å²) in [5, 5.41) is 2.48. The number of carbonyl (C=O) groups is 2. The Bertz CT molecular complexity index is 349. The van der Waals surface area contributed by atoms with Crippen molar-refractivity contribution in [1.29, 1.82) is 0 Å². The molecule has 8 nitrogen and oxygen atoms in total. The predicted molar refractivity (Wildman–Crippen MR) is 76.5 cm³/mol. The van der Waals surface area contributed by atoms with Crippen molar-refractivity contribution in [3.63, 3.8) is 0 Å². The first-order valence-corrected chi connectivity index (χ1v) is 8.35. The van der Waals surface area contributed by atoms with E-state index >= 15 is 0 Å². The van der Waals surface area contributed by atoms with Crippen LogP contribution >= 0.6 is 0 Å². The highest BCUT2D eigenvalue weighted by molar-refractivity contribution is 6.60. The van der Waals surface area contributed by atoms with Crippen molar-refractivity contribution in [3.8, 4) is 0 Å². The van der Waals surface area contributed by atoms with Crippen LogP contribution in [0.3, 0.4) is 0 Å². The Labute approximate surface area is 125 Å². The van der Waals surface area contributed by atoms with Gasteiger partial charge in [0.2, 0.25) is 5.76 Å². The maximum Gasteiger partial charge on any atom is 0.500 e. The molecule has 0 fully saturated rings. The molecule has 0 aromatic rings. The molecule has 0 aliphatic heterocycles. The second-order valence-corrected chi connectivity index (χ2v) is 6.95. The Hall–Kier alpha value is -1.42. The van der Waals surface area contributed by atoms with E-state index in [1.807, 2.05) is 0 Å². The van der Waals surface area contributed by atoms with Crippen LogP contribution in [0.2, 0.25) is 6.04 Å². The molecule has 0 aliphatic rings. The summed E-state index contributed by atoms with van der Waals surface area (Å²) >= 11 is 0. The Kier molecular flexibility index (Phi) is 9.63. The van der Waals surface area contributed by atoms with E-state index in [-0.39, 0.29) is 12.4 Å². The van der Waals surface area contributed by atoms with E-state index in [4.69, 9.17) is 13.3 Å². The van der Waals surface area contributed by atoms with Crippen molar-refractivity contribution in [1.82, 2.24) is 5.32 Å². The largest absolute Gasteiger partial charge is 0.500 e. The Balaban J connectivity index is 4.00. The Morgan fingerprint density at radius 3 is 2.19 bits per heavy atom. The lowest BCUT2D eigenvalue weighted by atomic mass is 10.5. The van der Waals surface area contributed by atoms with E-state index in [0.29, 0.717) is 19.0 Å². The van der Waals surface area contributed by atoms with Crippen LogP contribution in [0.1, 0.15) is 13.3 Å². The van der Waals surface area contributed by atoms with Crippen molar-refractivity contribution < 1.29 is 32.3 Å². The first-order valence-electron chi connectivity index (χ1n) is 6.41. The minimum absolute atomic E-state index is 0.181. The molecular formula is C12H23NO7Si. The van der Waals surface area contributed by atoms with E-state index < -0.39 is 20.9 Å². The molecule has 0 aromatic heterocycles. The summed E-state index contributed by atoms with van der Waals surface area (Å²) in [5.74, 6) is -1.12. The molecule has 0 bridgehead atoms. The summed E-state index contributed by atoms with van der Waals surface area (Å²) in [7, 11) is 1.92. The van der Waals surface area contributed by atoms with Crippen molar-refractivity contribution >= 4 is 20.9 Å². The van der Waals surface area contributed by atoms with E-state index in [1.54, 1.807) is 6.92 Å². The summed E-state index contributed by atoms with van der Waals surface area (Å²) in [6.45, 7) is 5.45. The molecule has 0 spiro atoms. The van der Waals surface area contributed by atoms with Gasteiger partial charge in [0, 0.05) is 33.9 Å². The molecule has 0 heterocycles. The van der Waals surface area contributed by atoms with Gasteiger partial charge in [-0.15, -0.1) is 0 Å². The van der Waals surface area contributed by atoms with Crippen LogP contribution in [0.5, 0.6) is 0 Å². The highest BCUT2D eigenvalue weighted by Crippen LogP contribution is 2.14. The molecule has 0 rings (SSSR count). The number of nitrogens with one attached hydrogen (secondary N) is 1. The zero-order valence-electron chi connectivity index (χ0n) is 12.9. The minimum Gasteiger partial charge on any atom is -0.460 e. The van der Waals surface area contributed by atoms with Crippen LogP contribution in [0.4, 0.5) is 4.79 Å². The van der Waals surface area contributed by atoms with Gasteiger partial charge >= 0.3 is 20.9 Å². The van der Waals surface area contributed by atoms with E-state index in [0.717, 1.165) is 0 Å².